The van der Waals surface area contributed by atoms with Crippen molar-refractivity contribution < 1.29 is 8.42 Å². The molecular weight excluding hydrogens is 276 g/mol. The van der Waals surface area contributed by atoms with Gasteiger partial charge < -0.3 is 9.88 Å². The molecule has 114 valence electrons. The van der Waals surface area contributed by atoms with Gasteiger partial charge in [0.2, 0.25) is 10.0 Å². The van der Waals surface area contributed by atoms with Crippen LogP contribution in [0.5, 0.6) is 0 Å². The molecule has 1 heterocycles. The summed E-state index contributed by atoms with van der Waals surface area (Å²) in [6.07, 6.45) is 5.34. The van der Waals surface area contributed by atoms with Gasteiger partial charge in [0.25, 0.3) is 0 Å². The Balaban J connectivity index is 1.77. The first kappa shape index (κ1) is 15.5. The van der Waals surface area contributed by atoms with E-state index in [1.165, 1.54) is 0 Å². The Labute approximate surface area is 121 Å². The summed E-state index contributed by atoms with van der Waals surface area (Å²) in [7, 11) is -3.09. The molecule has 1 saturated carbocycles. The van der Waals surface area contributed by atoms with Crippen LogP contribution in [0.3, 0.4) is 0 Å². The molecule has 1 atom stereocenters. The van der Waals surface area contributed by atoms with Crippen LogP contribution in [0.25, 0.3) is 0 Å². The molecule has 2 N–H and O–H groups in total. The molecule has 1 aromatic heterocycles. The molecule has 0 aliphatic heterocycles. The van der Waals surface area contributed by atoms with Crippen molar-refractivity contribution >= 4 is 10.0 Å². The number of rotatable bonds is 8. The average Bonchev–Trinajstić information content (AvgIpc) is 3.14. The fraction of sp³-hybridized carbons (Fsp3) is 0.769. The summed E-state index contributed by atoms with van der Waals surface area (Å²) in [5.74, 6) is 0.969. The second-order valence-electron chi connectivity index (χ2n) is 5.72. The molecule has 0 bridgehead atoms. The largest absolute Gasteiger partial charge is 0.331 e. The first-order valence-corrected chi connectivity index (χ1v) is 8.68. The molecule has 2 rings (SSSR count). The van der Waals surface area contributed by atoms with Crippen LogP contribution >= 0.6 is 0 Å². The monoisotopic (exact) mass is 300 g/mol. The lowest BCUT2D eigenvalue weighted by molar-refractivity contribution is 0.490. The van der Waals surface area contributed by atoms with E-state index in [0.717, 1.165) is 18.7 Å². The van der Waals surface area contributed by atoms with Gasteiger partial charge in [0.15, 0.2) is 0 Å². The van der Waals surface area contributed by atoms with Gasteiger partial charge in [0, 0.05) is 31.0 Å². The van der Waals surface area contributed by atoms with E-state index in [1.54, 1.807) is 6.20 Å². The highest BCUT2D eigenvalue weighted by Crippen LogP contribution is 2.27. The van der Waals surface area contributed by atoms with Crippen LogP contribution < -0.4 is 10.0 Å². The lowest BCUT2D eigenvalue weighted by Gasteiger charge is -2.16. The average molecular weight is 300 g/mol. The van der Waals surface area contributed by atoms with Crippen LogP contribution in [0.4, 0.5) is 0 Å². The van der Waals surface area contributed by atoms with Crippen molar-refractivity contribution in [2.75, 3.05) is 6.54 Å². The minimum absolute atomic E-state index is 0.0702. The molecule has 6 nitrogen and oxygen atoms in total. The predicted molar refractivity (Wildman–Crippen MR) is 78.9 cm³/mol. The van der Waals surface area contributed by atoms with Crippen LogP contribution in [0.2, 0.25) is 0 Å². The van der Waals surface area contributed by atoms with E-state index in [0.29, 0.717) is 19.1 Å². The van der Waals surface area contributed by atoms with Gasteiger partial charge in [-0.15, -0.1) is 0 Å². The minimum atomic E-state index is -3.09. The summed E-state index contributed by atoms with van der Waals surface area (Å²) in [5.41, 5.74) is 0. The minimum Gasteiger partial charge on any atom is -0.331 e. The number of hydrogen-bond donors (Lipinski definition) is 2. The fourth-order valence-electron chi connectivity index (χ4n) is 2.03. The lowest BCUT2D eigenvalue weighted by Crippen LogP contribution is -2.40. The van der Waals surface area contributed by atoms with Gasteiger partial charge in [-0.2, -0.15) is 0 Å². The number of imidazole rings is 1. The Hall–Kier alpha value is -0.920. The molecule has 1 aromatic rings. The molecule has 1 aliphatic carbocycles. The van der Waals surface area contributed by atoms with Crippen molar-refractivity contribution in [1.82, 2.24) is 19.6 Å². The first-order valence-electron chi connectivity index (χ1n) is 7.13. The van der Waals surface area contributed by atoms with Crippen molar-refractivity contribution in [3.63, 3.8) is 0 Å². The Morgan fingerprint density at radius 1 is 1.40 bits per heavy atom. The van der Waals surface area contributed by atoms with E-state index in [1.807, 2.05) is 13.1 Å². The van der Waals surface area contributed by atoms with E-state index in [9.17, 15) is 8.42 Å². The molecule has 0 aromatic carbocycles. The van der Waals surface area contributed by atoms with E-state index in [4.69, 9.17) is 0 Å². The number of sulfonamides is 1. The summed E-state index contributed by atoms with van der Waals surface area (Å²) in [6, 6.07) is 0.443. The topological polar surface area (TPSA) is 76.0 Å². The summed E-state index contributed by atoms with van der Waals surface area (Å²) in [5, 5.41) is 3.14. The number of nitrogens with one attached hydrogen (secondary N) is 2. The number of hydrogen-bond acceptors (Lipinski definition) is 4. The molecule has 1 fully saturated rings. The zero-order valence-corrected chi connectivity index (χ0v) is 13.2. The van der Waals surface area contributed by atoms with Gasteiger partial charge in [-0.25, -0.2) is 18.1 Å². The van der Waals surface area contributed by atoms with Crippen molar-refractivity contribution in [2.24, 2.45) is 0 Å². The molecule has 20 heavy (non-hydrogen) atoms. The van der Waals surface area contributed by atoms with Gasteiger partial charge in [-0.1, -0.05) is 0 Å². The molecule has 1 unspecified atom stereocenters. The Morgan fingerprint density at radius 3 is 2.70 bits per heavy atom. The highest BCUT2D eigenvalue weighted by molar-refractivity contribution is 7.90. The Morgan fingerprint density at radius 2 is 2.10 bits per heavy atom. The maximum Gasteiger partial charge on any atom is 0.214 e. The highest BCUT2D eigenvalue weighted by Gasteiger charge is 2.35. The van der Waals surface area contributed by atoms with Gasteiger partial charge in [-0.05, 0) is 33.6 Å². The Kier molecular flexibility index (Phi) is 4.82. The van der Waals surface area contributed by atoms with Crippen LogP contribution in [0.15, 0.2) is 12.4 Å². The summed E-state index contributed by atoms with van der Waals surface area (Å²) in [4.78, 5) is 4.32. The van der Waals surface area contributed by atoms with Crippen LogP contribution in [-0.4, -0.2) is 35.8 Å². The standard InChI is InChI=1S/C13H24N4O2S/c1-10(2)17-7-6-14-13(17)9-15-11(3)8-16-20(18,19)12-4-5-12/h6-7,10-12,15-16H,4-5,8-9H2,1-3H3. The number of aromatic nitrogens is 2. The van der Waals surface area contributed by atoms with Crippen LogP contribution in [0.1, 0.15) is 45.5 Å². The molecule has 0 amide bonds. The Bertz CT molecular complexity index is 534. The maximum absolute atomic E-state index is 11.7. The smallest absolute Gasteiger partial charge is 0.214 e. The SMILES string of the molecule is CC(CNS(=O)(=O)C1CC1)NCc1nccn1C(C)C. The highest BCUT2D eigenvalue weighted by atomic mass is 32.2. The molecular formula is C13H24N4O2S. The second kappa shape index (κ2) is 6.24. The molecule has 0 spiro atoms. The van der Waals surface area contributed by atoms with Crippen molar-refractivity contribution in [3.8, 4) is 0 Å². The van der Waals surface area contributed by atoms with Crippen molar-refractivity contribution in [1.29, 1.82) is 0 Å². The predicted octanol–water partition coefficient (Wildman–Crippen LogP) is 1.02. The molecule has 1 aliphatic rings. The molecule has 0 saturated heterocycles. The third kappa shape index (κ3) is 4.04. The van der Waals surface area contributed by atoms with Crippen LogP contribution in [-0.2, 0) is 16.6 Å². The van der Waals surface area contributed by atoms with Crippen molar-refractivity contribution in [3.05, 3.63) is 18.2 Å². The maximum atomic E-state index is 11.7. The zero-order valence-electron chi connectivity index (χ0n) is 12.3. The number of nitrogens with zero attached hydrogens (tertiary/aromatic N) is 2. The second-order valence-corrected chi connectivity index (χ2v) is 7.76. The molecule has 0 radical (unpaired) electrons. The summed E-state index contributed by atoms with van der Waals surface area (Å²) < 4.78 is 28.2. The van der Waals surface area contributed by atoms with Crippen molar-refractivity contribution in [2.45, 2.75) is 57.5 Å². The van der Waals surface area contributed by atoms with Gasteiger partial charge in [0.1, 0.15) is 5.82 Å². The quantitative estimate of drug-likeness (QED) is 0.751. The molecule has 7 heteroatoms. The van der Waals surface area contributed by atoms with Gasteiger partial charge in [0.05, 0.1) is 11.8 Å². The third-order valence-electron chi connectivity index (χ3n) is 3.47. The van der Waals surface area contributed by atoms with Gasteiger partial charge in [-0.3, -0.25) is 0 Å². The zero-order chi connectivity index (χ0) is 14.8. The van der Waals surface area contributed by atoms with E-state index in [2.05, 4.69) is 33.4 Å². The fourth-order valence-corrected chi connectivity index (χ4v) is 3.50. The lowest BCUT2D eigenvalue weighted by atomic mass is 10.3. The van der Waals surface area contributed by atoms with E-state index >= 15 is 0 Å². The van der Waals surface area contributed by atoms with Crippen LogP contribution in [0, 0.1) is 0 Å². The first-order chi connectivity index (χ1) is 9.40. The van der Waals surface area contributed by atoms with E-state index in [-0.39, 0.29) is 11.3 Å². The summed E-state index contributed by atoms with van der Waals surface area (Å²) >= 11 is 0. The van der Waals surface area contributed by atoms with Gasteiger partial charge >= 0.3 is 0 Å². The van der Waals surface area contributed by atoms with E-state index < -0.39 is 10.0 Å². The third-order valence-corrected chi connectivity index (χ3v) is 5.39. The normalized spacial score (nSPS) is 17.6. The summed E-state index contributed by atoms with van der Waals surface area (Å²) in [6.45, 7) is 7.24.